The first-order chi connectivity index (χ1) is 14.4. The predicted octanol–water partition coefficient (Wildman–Crippen LogP) is 5.91. The Morgan fingerprint density at radius 3 is 2.63 bits per heavy atom. The Bertz CT molecular complexity index is 854. The molecule has 1 heterocycles. The lowest BCUT2D eigenvalue weighted by Crippen LogP contribution is -2.48. The van der Waals surface area contributed by atoms with Crippen LogP contribution < -0.4 is 10.2 Å². The fourth-order valence-electron chi connectivity index (χ4n) is 4.03. The molecule has 0 radical (unpaired) electrons. The number of hydrogen-bond donors (Lipinski definition) is 2. The molecule has 1 aliphatic heterocycles. The molecule has 2 atom stereocenters. The summed E-state index contributed by atoms with van der Waals surface area (Å²) < 4.78 is 5.75. The van der Waals surface area contributed by atoms with Gasteiger partial charge in [0.15, 0.2) is 0 Å². The number of hydrogen-bond acceptors (Lipinski definition) is 4. The first-order valence-electron chi connectivity index (χ1n) is 10.6. The largest absolute Gasteiger partial charge is 0.481 e. The molecule has 5 nitrogen and oxygen atoms in total. The standard InChI is InChI=1S/C24H31ClN2O3/c1-4-17(14-24(28)29)18-5-10-22(27-11-12-30-15-23(27)16(2)3)21(13-18)26-20-8-6-19(25)7-9-20/h5-10,13,16-17,23,26H,4,11-12,14-15H2,1-3H3,(H,28,29)/t17-,23+/m0/s1. The van der Waals surface area contributed by atoms with Crippen molar-refractivity contribution in [3.8, 4) is 0 Å². The molecule has 1 aliphatic rings. The number of ether oxygens (including phenoxy) is 1. The minimum Gasteiger partial charge on any atom is -0.481 e. The second-order valence-electron chi connectivity index (χ2n) is 8.19. The molecule has 2 aromatic rings. The van der Waals surface area contributed by atoms with Gasteiger partial charge in [-0.1, -0.05) is 38.4 Å². The number of rotatable bonds is 8. The van der Waals surface area contributed by atoms with Crippen LogP contribution in [0.5, 0.6) is 0 Å². The summed E-state index contributed by atoms with van der Waals surface area (Å²) in [6.07, 6.45) is 0.903. The quantitative estimate of drug-likeness (QED) is 0.544. The lowest BCUT2D eigenvalue weighted by atomic mass is 9.92. The number of benzene rings is 2. The minimum atomic E-state index is -0.772. The molecule has 1 fully saturated rings. The van der Waals surface area contributed by atoms with E-state index in [1.807, 2.05) is 31.2 Å². The Morgan fingerprint density at radius 1 is 1.27 bits per heavy atom. The summed E-state index contributed by atoms with van der Waals surface area (Å²) in [6.45, 7) is 8.69. The number of nitrogens with zero attached hydrogens (tertiary/aromatic N) is 1. The van der Waals surface area contributed by atoms with Crippen molar-refractivity contribution in [2.45, 2.75) is 45.6 Å². The van der Waals surface area contributed by atoms with Gasteiger partial charge in [-0.2, -0.15) is 0 Å². The van der Waals surface area contributed by atoms with E-state index in [1.54, 1.807) is 0 Å². The van der Waals surface area contributed by atoms with E-state index in [0.717, 1.165) is 35.6 Å². The average Bonchev–Trinajstić information content (AvgIpc) is 2.73. The van der Waals surface area contributed by atoms with Crippen LogP contribution in [0.2, 0.25) is 5.02 Å². The normalized spacial score (nSPS) is 17.8. The number of carboxylic acid groups (broad SMARTS) is 1. The molecule has 2 aromatic carbocycles. The maximum absolute atomic E-state index is 11.3. The van der Waals surface area contributed by atoms with Crippen molar-refractivity contribution >= 4 is 34.6 Å². The van der Waals surface area contributed by atoms with Crippen molar-refractivity contribution in [2.24, 2.45) is 5.92 Å². The fraction of sp³-hybridized carbons (Fsp3) is 0.458. The number of aliphatic carboxylic acids is 1. The Hall–Kier alpha value is -2.24. The van der Waals surface area contributed by atoms with Crippen LogP contribution in [-0.4, -0.2) is 36.9 Å². The van der Waals surface area contributed by atoms with E-state index < -0.39 is 5.97 Å². The topological polar surface area (TPSA) is 61.8 Å². The molecule has 0 amide bonds. The maximum Gasteiger partial charge on any atom is 0.303 e. The third kappa shape index (κ3) is 5.46. The zero-order valence-electron chi connectivity index (χ0n) is 17.9. The first kappa shape index (κ1) is 22.4. The van der Waals surface area contributed by atoms with Crippen molar-refractivity contribution < 1.29 is 14.6 Å². The van der Waals surface area contributed by atoms with Crippen molar-refractivity contribution in [1.29, 1.82) is 0 Å². The van der Waals surface area contributed by atoms with Crippen LogP contribution in [0, 0.1) is 5.92 Å². The van der Waals surface area contributed by atoms with Crippen LogP contribution in [0.25, 0.3) is 0 Å². The third-order valence-corrected chi connectivity index (χ3v) is 6.03. The summed E-state index contributed by atoms with van der Waals surface area (Å²) >= 11 is 6.05. The van der Waals surface area contributed by atoms with Gasteiger partial charge in [-0.15, -0.1) is 0 Å². The Balaban J connectivity index is 2.01. The van der Waals surface area contributed by atoms with Crippen LogP contribution in [0.3, 0.4) is 0 Å². The lowest BCUT2D eigenvalue weighted by Gasteiger charge is -2.40. The summed E-state index contributed by atoms with van der Waals surface area (Å²) in [5.74, 6) is -0.345. The molecule has 0 unspecified atom stereocenters. The maximum atomic E-state index is 11.3. The average molecular weight is 431 g/mol. The van der Waals surface area contributed by atoms with E-state index in [1.165, 1.54) is 0 Å². The molecule has 2 N–H and O–H groups in total. The molecule has 0 bridgehead atoms. The van der Waals surface area contributed by atoms with E-state index in [4.69, 9.17) is 16.3 Å². The second-order valence-corrected chi connectivity index (χ2v) is 8.63. The van der Waals surface area contributed by atoms with Gasteiger partial charge >= 0.3 is 5.97 Å². The highest BCUT2D eigenvalue weighted by Crippen LogP contribution is 2.37. The number of nitrogens with one attached hydrogen (secondary N) is 1. The highest BCUT2D eigenvalue weighted by molar-refractivity contribution is 6.30. The molecule has 0 aromatic heterocycles. The van der Waals surface area contributed by atoms with Gasteiger partial charge in [-0.25, -0.2) is 0 Å². The molecule has 0 aliphatic carbocycles. The summed E-state index contributed by atoms with van der Waals surface area (Å²) in [6, 6.07) is 14.2. The molecule has 6 heteroatoms. The molecule has 30 heavy (non-hydrogen) atoms. The zero-order chi connectivity index (χ0) is 21.7. The smallest absolute Gasteiger partial charge is 0.303 e. The fourth-order valence-corrected chi connectivity index (χ4v) is 4.16. The highest BCUT2D eigenvalue weighted by atomic mass is 35.5. The molecule has 0 spiro atoms. The van der Waals surface area contributed by atoms with E-state index in [-0.39, 0.29) is 18.4 Å². The third-order valence-electron chi connectivity index (χ3n) is 5.77. The molecule has 3 rings (SSSR count). The number of anilines is 3. The van der Waals surface area contributed by atoms with Gasteiger partial charge in [0.25, 0.3) is 0 Å². The molecule has 1 saturated heterocycles. The van der Waals surface area contributed by atoms with Crippen LogP contribution in [0.4, 0.5) is 17.1 Å². The number of carboxylic acids is 1. The number of carbonyl (C=O) groups is 1. The Labute approximate surface area is 184 Å². The van der Waals surface area contributed by atoms with E-state index in [9.17, 15) is 9.90 Å². The lowest BCUT2D eigenvalue weighted by molar-refractivity contribution is -0.137. The molecular formula is C24H31ClN2O3. The second kappa shape index (κ2) is 10.2. The zero-order valence-corrected chi connectivity index (χ0v) is 18.7. The van der Waals surface area contributed by atoms with E-state index >= 15 is 0 Å². The summed E-state index contributed by atoms with van der Waals surface area (Å²) in [4.78, 5) is 13.7. The van der Waals surface area contributed by atoms with Crippen LogP contribution in [-0.2, 0) is 9.53 Å². The van der Waals surface area contributed by atoms with Crippen molar-refractivity contribution in [1.82, 2.24) is 0 Å². The summed E-state index contributed by atoms with van der Waals surface area (Å²) in [5, 5.41) is 13.5. The van der Waals surface area contributed by atoms with Gasteiger partial charge in [0.2, 0.25) is 0 Å². The first-order valence-corrected chi connectivity index (χ1v) is 11.0. The van der Waals surface area contributed by atoms with E-state index in [0.29, 0.717) is 24.2 Å². The molecule has 162 valence electrons. The molecule has 0 saturated carbocycles. The van der Waals surface area contributed by atoms with Crippen molar-refractivity contribution in [2.75, 3.05) is 30.0 Å². The Morgan fingerprint density at radius 2 is 2.00 bits per heavy atom. The SMILES string of the molecule is CC[C@@H](CC(=O)O)c1ccc(N2CCOC[C@@H]2C(C)C)c(Nc2ccc(Cl)cc2)c1. The van der Waals surface area contributed by atoms with Crippen LogP contribution >= 0.6 is 11.6 Å². The highest BCUT2D eigenvalue weighted by Gasteiger charge is 2.28. The Kier molecular flexibility index (Phi) is 7.62. The number of halogens is 1. The van der Waals surface area contributed by atoms with E-state index in [2.05, 4.69) is 42.3 Å². The number of morpholine rings is 1. The summed E-state index contributed by atoms with van der Waals surface area (Å²) in [5.41, 5.74) is 4.07. The van der Waals surface area contributed by atoms with Crippen LogP contribution in [0.1, 0.15) is 45.1 Å². The van der Waals surface area contributed by atoms with Gasteiger partial charge in [0, 0.05) is 17.3 Å². The van der Waals surface area contributed by atoms with Gasteiger partial charge in [-0.05, 0) is 60.2 Å². The van der Waals surface area contributed by atoms with Gasteiger partial charge in [-0.3, -0.25) is 4.79 Å². The summed E-state index contributed by atoms with van der Waals surface area (Å²) in [7, 11) is 0. The molecular weight excluding hydrogens is 400 g/mol. The monoisotopic (exact) mass is 430 g/mol. The minimum absolute atomic E-state index is 0.0205. The van der Waals surface area contributed by atoms with Gasteiger partial charge in [0.1, 0.15) is 0 Å². The van der Waals surface area contributed by atoms with Crippen LogP contribution in [0.15, 0.2) is 42.5 Å². The van der Waals surface area contributed by atoms with Crippen molar-refractivity contribution in [3.63, 3.8) is 0 Å². The van der Waals surface area contributed by atoms with Gasteiger partial charge < -0.3 is 20.1 Å². The van der Waals surface area contributed by atoms with Gasteiger partial charge in [0.05, 0.1) is 37.1 Å². The van der Waals surface area contributed by atoms with Crippen molar-refractivity contribution in [3.05, 3.63) is 53.1 Å². The predicted molar refractivity (Wildman–Crippen MR) is 123 cm³/mol.